The van der Waals surface area contributed by atoms with Gasteiger partial charge in [-0.3, -0.25) is 4.72 Å². The van der Waals surface area contributed by atoms with E-state index in [1.165, 1.54) is 0 Å². The van der Waals surface area contributed by atoms with Crippen molar-refractivity contribution in [2.45, 2.75) is 32.1 Å². The molecule has 2 N–H and O–H groups in total. The molecule has 0 atom stereocenters. The quantitative estimate of drug-likeness (QED) is 0.769. The summed E-state index contributed by atoms with van der Waals surface area (Å²) in [5.74, 6) is 0.884. The third-order valence-electron chi connectivity index (χ3n) is 3.74. The maximum atomic E-state index is 12.6. The Morgan fingerprint density at radius 3 is 2.61 bits per heavy atom. The van der Waals surface area contributed by atoms with E-state index >= 15 is 0 Å². The second-order valence-corrected chi connectivity index (χ2v) is 7.29. The van der Waals surface area contributed by atoms with Crippen LogP contribution in [-0.4, -0.2) is 18.4 Å². The summed E-state index contributed by atoms with van der Waals surface area (Å²) in [6, 6.07) is 10.6. The van der Waals surface area contributed by atoms with Crippen molar-refractivity contribution in [2.75, 3.05) is 4.72 Å². The summed E-state index contributed by atoms with van der Waals surface area (Å²) in [5, 5.41) is 0. The Labute approximate surface area is 135 Å². The zero-order chi connectivity index (χ0) is 16.6. The first-order valence-electron chi connectivity index (χ1n) is 7.48. The number of hydrogen-bond donors (Lipinski definition) is 2. The Kier molecular flexibility index (Phi) is 3.85. The fourth-order valence-corrected chi connectivity index (χ4v) is 3.88. The Morgan fingerprint density at radius 2 is 1.91 bits per heavy atom. The average Bonchev–Trinajstić information content (AvgIpc) is 2.88. The molecule has 0 aliphatic carbocycles. The molecule has 0 amide bonds. The molecule has 120 valence electrons. The number of nitrogens with one attached hydrogen (secondary N) is 2. The smallest absolute Gasteiger partial charge is 0.262 e. The lowest BCUT2D eigenvalue weighted by molar-refractivity contribution is 0.600. The molecule has 23 heavy (non-hydrogen) atoms. The number of aromatic amines is 1. The van der Waals surface area contributed by atoms with E-state index in [4.69, 9.17) is 0 Å². The van der Waals surface area contributed by atoms with E-state index in [1.807, 2.05) is 26.0 Å². The number of aromatic nitrogens is 2. The zero-order valence-electron chi connectivity index (χ0n) is 13.3. The summed E-state index contributed by atoms with van der Waals surface area (Å²) in [7, 11) is -3.61. The summed E-state index contributed by atoms with van der Waals surface area (Å²) in [4.78, 5) is 7.90. The van der Waals surface area contributed by atoms with Crippen molar-refractivity contribution in [2.24, 2.45) is 0 Å². The number of aryl methyl sites for hydroxylation is 3. The largest absolute Gasteiger partial charge is 0.342 e. The van der Waals surface area contributed by atoms with Gasteiger partial charge < -0.3 is 4.98 Å². The van der Waals surface area contributed by atoms with Crippen LogP contribution in [0.1, 0.15) is 23.9 Å². The molecule has 5 nitrogen and oxygen atoms in total. The average molecular weight is 329 g/mol. The highest BCUT2D eigenvalue weighted by Crippen LogP contribution is 2.23. The molecule has 0 unspecified atom stereocenters. The number of nitrogens with zero attached hydrogens (tertiary/aromatic N) is 1. The van der Waals surface area contributed by atoms with Crippen molar-refractivity contribution in [3.05, 3.63) is 53.3 Å². The summed E-state index contributed by atoms with van der Waals surface area (Å²) in [5.41, 5.74) is 3.93. The molecule has 0 fully saturated rings. The van der Waals surface area contributed by atoms with E-state index in [9.17, 15) is 8.42 Å². The molecule has 1 heterocycles. The van der Waals surface area contributed by atoms with Crippen LogP contribution in [0.25, 0.3) is 11.0 Å². The third kappa shape index (κ3) is 3.07. The molecule has 0 saturated carbocycles. The van der Waals surface area contributed by atoms with Crippen LogP contribution in [0.4, 0.5) is 5.69 Å². The number of rotatable bonds is 4. The van der Waals surface area contributed by atoms with Gasteiger partial charge in [0.2, 0.25) is 0 Å². The van der Waals surface area contributed by atoms with Gasteiger partial charge in [0, 0.05) is 6.42 Å². The van der Waals surface area contributed by atoms with Crippen LogP contribution in [0.3, 0.4) is 0 Å². The minimum absolute atomic E-state index is 0.294. The Bertz CT molecular complexity index is 975. The van der Waals surface area contributed by atoms with Crippen molar-refractivity contribution in [1.29, 1.82) is 0 Å². The molecule has 0 aliphatic heterocycles. The van der Waals surface area contributed by atoms with Gasteiger partial charge in [0.15, 0.2) is 0 Å². The molecule has 0 bridgehead atoms. The van der Waals surface area contributed by atoms with Crippen molar-refractivity contribution in [1.82, 2.24) is 9.97 Å². The predicted octanol–water partition coefficient (Wildman–Crippen LogP) is 3.54. The highest BCUT2D eigenvalue weighted by atomic mass is 32.2. The molecule has 3 aromatic rings. The number of H-pyrrole nitrogens is 1. The fourth-order valence-electron chi connectivity index (χ4n) is 2.60. The van der Waals surface area contributed by atoms with Gasteiger partial charge in [0.1, 0.15) is 5.82 Å². The van der Waals surface area contributed by atoms with E-state index in [2.05, 4.69) is 14.7 Å². The summed E-state index contributed by atoms with van der Waals surface area (Å²) in [6.45, 7) is 5.75. The molecule has 0 saturated heterocycles. The molecule has 6 heteroatoms. The van der Waals surface area contributed by atoms with E-state index in [0.29, 0.717) is 10.6 Å². The van der Waals surface area contributed by atoms with Gasteiger partial charge >= 0.3 is 0 Å². The maximum Gasteiger partial charge on any atom is 0.262 e. The van der Waals surface area contributed by atoms with Crippen molar-refractivity contribution < 1.29 is 8.42 Å². The Hall–Kier alpha value is -2.34. The lowest BCUT2D eigenvalue weighted by Gasteiger charge is -2.11. The first-order valence-corrected chi connectivity index (χ1v) is 8.96. The maximum absolute atomic E-state index is 12.6. The van der Waals surface area contributed by atoms with Gasteiger partial charge in [-0.2, -0.15) is 0 Å². The molecular formula is C17H19N3O2S. The first-order chi connectivity index (χ1) is 10.9. The lowest BCUT2D eigenvalue weighted by atomic mass is 10.2. The van der Waals surface area contributed by atoms with Gasteiger partial charge in [-0.15, -0.1) is 0 Å². The second-order valence-electron chi connectivity index (χ2n) is 5.64. The van der Waals surface area contributed by atoms with E-state index in [0.717, 1.165) is 34.4 Å². The fraction of sp³-hybridized carbons (Fsp3) is 0.235. The van der Waals surface area contributed by atoms with Crippen LogP contribution in [0, 0.1) is 13.8 Å². The lowest BCUT2D eigenvalue weighted by Crippen LogP contribution is -2.14. The number of benzene rings is 2. The second kappa shape index (κ2) is 5.70. The summed E-state index contributed by atoms with van der Waals surface area (Å²) < 4.78 is 27.8. The van der Waals surface area contributed by atoms with Crippen molar-refractivity contribution in [3.63, 3.8) is 0 Å². The van der Waals surface area contributed by atoms with Gasteiger partial charge in [-0.05, 0) is 43.7 Å². The minimum Gasteiger partial charge on any atom is -0.342 e. The van der Waals surface area contributed by atoms with Gasteiger partial charge in [-0.1, -0.05) is 24.6 Å². The number of anilines is 1. The minimum atomic E-state index is -3.61. The molecule has 0 radical (unpaired) electrons. The normalized spacial score (nSPS) is 11.8. The van der Waals surface area contributed by atoms with Crippen LogP contribution in [0.5, 0.6) is 0 Å². The van der Waals surface area contributed by atoms with Crippen LogP contribution >= 0.6 is 0 Å². The first kappa shape index (κ1) is 15.6. The van der Waals surface area contributed by atoms with Crippen LogP contribution in [-0.2, 0) is 16.4 Å². The van der Waals surface area contributed by atoms with E-state index in [-0.39, 0.29) is 0 Å². The molecule has 0 aliphatic rings. The van der Waals surface area contributed by atoms with E-state index < -0.39 is 10.0 Å². The van der Waals surface area contributed by atoms with Gasteiger partial charge in [0.25, 0.3) is 10.0 Å². The highest BCUT2D eigenvalue weighted by Gasteiger charge is 2.17. The summed E-state index contributed by atoms with van der Waals surface area (Å²) >= 11 is 0. The molecule has 1 aromatic heterocycles. The van der Waals surface area contributed by atoms with Gasteiger partial charge in [-0.25, -0.2) is 13.4 Å². The van der Waals surface area contributed by atoms with Crippen LogP contribution in [0.15, 0.2) is 41.3 Å². The van der Waals surface area contributed by atoms with E-state index in [1.54, 1.807) is 31.2 Å². The van der Waals surface area contributed by atoms with Gasteiger partial charge in [0.05, 0.1) is 21.6 Å². The third-order valence-corrected chi connectivity index (χ3v) is 5.28. The van der Waals surface area contributed by atoms with Crippen LogP contribution in [0.2, 0.25) is 0 Å². The zero-order valence-corrected chi connectivity index (χ0v) is 14.2. The molecular weight excluding hydrogens is 310 g/mol. The molecule has 2 aromatic carbocycles. The van der Waals surface area contributed by atoms with Crippen molar-refractivity contribution in [3.8, 4) is 0 Å². The standard InChI is InChI=1S/C17H19N3O2S/c1-4-17-18-14-7-6-13(10-15(14)19-17)20-23(21,22)16-8-5-11(2)9-12(16)3/h5-10,20H,4H2,1-3H3,(H,18,19). The predicted molar refractivity (Wildman–Crippen MR) is 92.2 cm³/mol. The van der Waals surface area contributed by atoms with Crippen LogP contribution < -0.4 is 4.72 Å². The Morgan fingerprint density at radius 1 is 1.13 bits per heavy atom. The number of hydrogen-bond acceptors (Lipinski definition) is 3. The summed E-state index contributed by atoms with van der Waals surface area (Å²) in [6.07, 6.45) is 0.804. The number of imidazole rings is 1. The SMILES string of the molecule is CCc1nc2ccc(NS(=O)(=O)c3ccc(C)cc3C)cc2[nH]1. The highest BCUT2D eigenvalue weighted by molar-refractivity contribution is 7.92. The monoisotopic (exact) mass is 329 g/mol. The van der Waals surface area contributed by atoms with Crippen molar-refractivity contribution >= 4 is 26.7 Å². The number of fused-ring (bicyclic) bond motifs is 1. The Balaban J connectivity index is 1.96. The molecule has 0 spiro atoms. The number of sulfonamides is 1. The molecule has 3 rings (SSSR count). The topological polar surface area (TPSA) is 74.8 Å².